The fraction of sp³-hybridized carbons (Fsp3) is 0.429. The van der Waals surface area contributed by atoms with E-state index in [1.54, 1.807) is 18.2 Å². The Kier molecular flexibility index (Phi) is 9.19. The Balaban J connectivity index is 1.41. The van der Waals surface area contributed by atoms with Crippen LogP contribution in [0.25, 0.3) is 0 Å². The minimum absolute atomic E-state index is 0.0356. The molecule has 0 spiro atoms. The van der Waals surface area contributed by atoms with Gasteiger partial charge in [0, 0.05) is 58.5 Å². The molecule has 9 nitrogen and oxygen atoms in total. The number of benzene rings is 2. The van der Waals surface area contributed by atoms with Gasteiger partial charge in [-0.15, -0.1) is 0 Å². The summed E-state index contributed by atoms with van der Waals surface area (Å²) in [7, 11) is 1.61. The molecule has 0 radical (unpaired) electrons. The Hall–Kier alpha value is -3.63. The van der Waals surface area contributed by atoms with E-state index in [2.05, 4.69) is 10.00 Å². The van der Waals surface area contributed by atoms with Crippen LogP contribution in [0, 0.1) is 5.82 Å². The molecule has 1 fully saturated rings. The van der Waals surface area contributed by atoms with E-state index in [0.29, 0.717) is 50.0 Å². The van der Waals surface area contributed by atoms with Crippen LogP contribution in [0.5, 0.6) is 17.2 Å². The Labute approximate surface area is 222 Å². The molecule has 0 unspecified atom stereocenters. The standard InChI is InChI=1S/C28H35FN4O5/c1-22(34)32-15-14-31(19-28(35,20-32)21-38-25-8-6-24(29)7-9-25)18-23-5-10-26(36-2)27(17-23)37-16-4-13-33-12-3-11-30-33/h3,5-12,17,35H,4,13-16,18-21H2,1-2H3/t28-/m1/s1. The molecule has 4 rings (SSSR count). The largest absolute Gasteiger partial charge is 0.493 e. The molecule has 0 aliphatic carbocycles. The highest BCUT2D eigenvalue weighted by atomic mass is 19.1. The lowest BCUT2D eigenvalue weighted by atomic mass is 10.0. The topological polar surface area (TPSA) is 89.3 Å². The van der Waals surface area contributed by atoms with Crippen molar-refractivity contribution in [3.05, 3.63) is 72.3 Å². The van der Waals surface area contributed by atoms with E-state index < -0.39 is 5.60 Å². The zero-order valence-corrected chi connectivity index (χ0v) is 21.9. The maximum atomic E-state index is 13.3. The highest BCUT2D eigenvalue weighted by molar-refractivity contribution is 5.73. The van der Waals surface area contributed by atoms with Crippen molar-refractivity contribution < 1.29 is 28.5 Å². The minimum atomic E-state index is -1.31. The molecular formula is C28H35FN4O5. The predicted octanol–water partition coefficient (Wildman–Crippen LogP) is 2.97. The summed E-state index contributed by atoms with van der Waals surface area (Å²) in [6.07, 6.45) is 4.46. The van der Waals surface area contributed by atoms with Gasteiger partial charge in [-0.05, 0) is 48.0 Å². The van der Waals surface area contributed by atoms with Crippen molar-refractivity contribution >= 4 is 5.91 Å². The van der Waals surface area contributed by atoms with Gasteiger partial charge in [0.1, 0.15) is 23.8 Å². The van der Waals surface area contributed by atoms with E-state index in [9.17, 15) is 14.3 Å². The van der Waals surface area contributed by atoms with Crippen LogP contribution >= 0.6 is 0 Å². The fourth-order valence-corrected chi connectivity index (χ4v) is 4.52. The quantitative estimate of drug-likeness (QED) is 0.384. The summed E-state index contributed by atoms with van der Waals surface area (Å²) in [6, 6.07) is 13.3. The molecule has 3 aromatic rings. The molecule has 2 heterocycles. The van der Waals surface area contributed by atoms with Crippen molar-refractivity contribution in [2.24, 2.45) is 0 Å². The average Bonchev–Trinajstić information content (AvgIpc) is 3.36. The number of rotatable bonds is 11. The number of carbonyl (C=O) groups excluding carboxylic acids is 1. The summed E-state index contributed by atoms with van der Waals surface area (Å²) < 4.78 is 32.4. The number of aliphatic hydroxyl groups is 1. The van der Waals surface area contributed by atoms with Gasteiger partial charge in [-0.2, -0.15) is 5.10 Å². The molecule has 204 valence electrons. The number of β-amino-alcohol motifs (C(OH)–C–C–N with tert-alkyl or cyclic N) is 1. The van der Waals surface area contributed by atoms with Gasteiger partial charge in [-0.1, -0.05) is 6.07 Å². The van der Waals surface area contributed by atoms with Crippen molar-refractivity contribution in [2.45, 2.75) is 32.0 Å². The third kappa shape index (κ3) is 7.69. The second-order valence-electron chi connectivity index (χ2n) is 9.57. The normalized spacial score (nSPS) is 18.2. The first-order valence-corrected chi connectivity index (χ1v) is 12.7. The smallest absolute Gasteiger partial charge is 0.219 e. The van der Waals surface area contributed by atoms with Crippen LogP contribution in [0.1, 0.15) is 18.9 Å². The molecular weight excluding hydrogens is 491 g/mol. The average molecular weight is 527 g/mol. The molecule has 1 aliphatic rings. The number of amides is 1. The molecule has 38 heavy (non-hydrogen) atoms. The van der Waals surface area contributed by atoms with E-state index in [1.165, 1.54) is 31.2 Å². The maximum absolute atomic E-state index is 13.3. The van der Waals surface area contributed by atoms with Crippen molar-refractivity contribution in [1.29, 1.82) is 0 Å². The summed E-state index contributed by atoms with van der Waals surface area (Å²) >= 11 is 0. The van der Waals surface area contributed by atoms with Gasteiger partial charge in [0.15, 0.2) is 11.5 Å². The van der Waals surface area contributed by atoms with Crippen LogP contribution in [0.2, 0.25) is 0 Å². The van der Waals surface area contributed by atoms with Gasteiger partial charge in [0.2, 0.25) is 5.91 Å². The number of carbonyl (C=O) groups is 1. The van der Waals surface area contributed by atoms with E-state index in [1.807, 2.05) is 35.1 Å². The molecule has 1 aliphatic heterocycles. The van der Waals surface area contributed by atoms with E-state index in [4.69, 9.17) is 14.2 Å². The number of aryl methyl sites for hydroxylation is 1. The first-order valence-electron chi connectivity index (χ1n) is 12.7. The summed E-state index contributed by atoms with van der Waals surface area (Å²) in [5.41, 5.74) is -0.319. The van der Waals surface area contributed by atoms with Gasteiger partial charge < -0.3 is 24.2 Å². The number of nitrogens with zero attached hydrogens (tertiary/aromatic N) is 4. The van der Waals surface area contributed by atoms with Crippen LogP contribution in [0.15, 0.2) is 60.9 Å². The number of hydrogen-bond acceptors (Lipinski definition) is 7. The lowest BCUT2D eigenvalue weighted by Crippen LogP contribution is -2.51. The Morgan fingerprint density at radius 1 is 1.11 bits per heavy atom. The molecule has 1 saturated heterocycles. The molecule has 1 atom stereocenters. The number of hydrogen-bond donors (Lipinski definition) is 1. The lowest BCUT2D eigenvalue weighted by Gasteiger charge is -2.32. The second kappa shape index (κ2) is 12.7. The number of aromatic nitrogens is 2. The number of methoxy groups -OCH3 is 1. The summed E-state index contributed by atoms with van der Waals surface area (Å²) in [5.74, 6) is 1.29. The minimum Gasteiger partial charge on any atom is -0.493 e. The Morgan fingerprint density at radius 2 is 1.92 bits per heavy atom. The fourth-order valence-electron chi connectivity index (χ4n) is 4.52. The van der Waals surface area contributed by atoms with Crippen molar-refractivity contribution in [1.82, 2.24) is 19.6 Å². The van der Waals surface area contributed by atoms with Crippen molar-refractivity contribution in [3.63, 3.8) is 0 Å². The second-order valence-corrected chi connectivity index (χ2v) is 9.57. The SMILES string of the molecule is COc1ccc(CN2CCN(C(C)=O)C[C@@](O)(COc3ccc(F)cc3)C2)cc1OCCCn1cccn1. The monoisotopic (exact) mass is 526 g/mol. The molecule has 1 N–H and O–H groups in total. The summed E-state index contributed by atoms with van der Waals surface area (Å²) in [5, 5.41) is 15.7. The third-order valence-electron chi connectivity index (χ3n) is 6.44. The Morgan fingerprint density at radius 3 is 2.63 bits per heavy atom. The van der Waals surface area contributed by atoms with Gasteiger partial charge in [0.25, 0.3) is 0 Å². The van der Waals surface area contributed by atoms with Crippen molar-refractivity contribution in [3.8, 4) is 17.2 Å². The summed E-state index contributed by atoms with van der Waals surface area (Å²) in [4.78, 5) is 15.9. The molecule has 10 heteroatoms. The zero-order chi connectivity index (χ0) is 27.0. The predicted molar refractivity (Wildman–Crippen MR) is 140 cm³/mol. The highest BCUT2D eigenvalue weighted by Gasteiger charge is 2.37. The van der Waals surface area contributed by atoms with Gasteiger partial charge in [0.05, 0.1) is 20.3 Å². The summed E-state index contributed by atoms with van der Waals surface area (Å²) in [6.45, 7) is 4.79. The van der Waals surface area contributed by atoms with E-state index in [0.717, 1.165) is 18.5 Å². The first-order chi connectivity index (χ1) is 18.3. The molecule has 1 aromatic heterocycles. The zero-order valence-electron chi connectivity index (χ0n) is 21.9. The van der Waals surface area contributed by atoms with E-state index >= 15 is 0 Å². The highest BCUT2D eigenvalue weighted by Crippen LogP contribution is 2.29. The molecule has 1 amide bonds. The van der Waals surface area contributed by atoms with Crippen LogP contribution in [-0.4, -0.2) is 82.7 Å². The Bertz CT molecular complexity index is 1170. The van der Waals surface area contributed by atoms with Crippen LogP contribution in [0.3, 0.4) is 0 Å². The van der Waals surface area contributed by atoms with Gasteiger partial charge in [-0.25, -0.2) is 4.39 Å². The number of ether oxygens (including phenoxy) is 3. The first kappa shape index (κ1) is 27.4. The maximum Gasteiger partial charge on any atom is 0.219 e. The molecule has 0 bridgehead atoms. The van der Waals surface area contributed by atoms with E-state index in [-0.39, 0.29) is 24.9 Å². The third-order valence-corrected chi connectivity index (χ3v) is 6.44. The number of halogens is 1. The van der Waals surface area contributed by atoms with Crippen LogP contribution in [0.4, 0.5) is 4.39 Å². The lowest BCUT2D eigenvalue weighted by molar-refractivity contribution is -0.132. The van der Waals surface area contributed by atoms with Crippen LogP contribution < -0.4 is 14.2 Å². The molecule has 2 aromatic carbocycles. The van der Waals surface area contributed by atoms with Crippen LogP contribution in [-0.2, 0) is 17.9 Å². The molecule has 0 saturated carbocycles. The van der Waals surface area contributed by atoms with Gasteiger partial charge in [-0.3, -0.25) is 14.4 Å². The van der Waals surface area contributed by atoms with Gasteiger partial charge >= 0.3 is 0 Å². The van der Waals surface area contributed by atoms with Crippen molar-refractivity contribution in [2.75, 3.05) is 46.5 Å².